The zero-order valence-electron chi connectivity index (χ0n) is 9.77. The molecule has 0 spiro atoms. The fourth-order valence-electron chi connectivity index (χ4n) is 2.10. The topological polar surface area (TPSA) is 37.9 Å². The van der Waals surface area contributed by atoms with Gasteiger partial charge in [0.05, 0.1) is 12.8 Å². The number of methoxy groups -OCH3 is 1. The monoisotopic (exact) mass is 302 g/mol. The largest absolute Gasteiger partial charge is 0.495 e. The molecule has 4 heteroatoms. The van der Waals surface area contributed by atoms with E-state index in [0.717, 1.165) is 32.4 Å². The number of hydrogen-bond acceptors (Lipinski definition) is 2. The maximum Gasteiger partial charge on any atom is 0.136 e. The van der Waals surface area contributed by atoms with Crippen LogP contribution in [0, 0.1) is 0 Å². The van der Waals surface area contributed by atoms with Crippen molar-refractivity contribution in [2.45, 2.75) is 0 Å². The molecule has 18 heavy (non-hydrogen) atoms. The van der Waals surface area contributed by atoms with E-state index in [4.69, 9.17) is 4.74 Å². The molecule has 0 radical (unpaired) electrons. The highest BCUT2D eigenvalue weighted by atomic mass is 79.9. The lowest BCUT2D eigenvalue weighted by Crippen LogP contribution is -1.90. The van der Waals surface area contributed by atoms with Crippen molar-refractivity contribution < 1.29 is 4.74 Å². The fraction of sp³-hybridized carbons (Fsp3) is 0.0714. The van der Waals surface area contributed by atoms with Gasteiger partial charge in [-0.25, -0.2) is 0 Å². The van der Waals surface area contributed by atoms with Gasteiger partial charge in [0.2, 0.25) is 0 Å². The molecule has 2 aromatic carbocycles. The maximum absolute atomic E-state index is 5.55. The third-order valence-electron chi connectivity index (χ3n) is 2.91. The normalized spacial score (nSPS) is 10.8. The van der Waals surface area contributed by atoms with Crippen LogP contribution in [0.2, 0.25) is 0 Å². The van der Waals surface area contributed by atoms with Gasteiger partial charge in [0.1, 0.15) is 10.4 Å². The minimum Gasteiger partial charge on any atom is -0.495 e. The predicted molar refractivity (Wildman–Crippen MR) is 75.8 cm³/mol. The average molecular weight is 303 g/mol. The van der Waals surface area contributed by atoms with Crippen LogP contribution < -0.4 is 4.74 Å². The van der Waals surface area contributed by atoms with E-state index >= 15 is 0 Å². The van der Waals surface area contributed by atoms with Crippen molar-refractivity contribution in [3.8, 4) is 17.0 Å². The number of aromatic nitrogens is 2. The number of H-pyrrole nitrogens is 1. The number of fused-ring (bicyclic) bond motifs is 1. The summed E-state index contributed by atoms with van der Waals surface area (Å²) in [5.41, 5.74) is 1.85. The molecule has 90 valence electrons. The summed E-state index contributed by atoms with van der Waals surface area (Å²) in [6.45, 7) is 0. The van der Waals surface area contributed by atoms with Crippen LogP contribution in [0.4, 0.5) is 0 Å². The number of ether oxygens (including phenoxy) is 1. The zero-order chi connectivity index (χ0) is 12.5. The molecular formula is C14H11BrN2O. The molecule has 1 N–H and O–H groups in total. The van der Waals surface area contributed by atoms with Gasteiger partial charge >= 0.3 is 0 Å². The highest BCUT2D eigenvalue weighted by Gasteiger charge is 2.12. The summed E-state index contributed by atoms with van der Waals surface area (Å²) < 4.78 is 6.41. The van der Waals surface area contributed by atoms with E-state index in [2.05, 4.69) is 44.3 Å². The number of hydrogen-bond donors (Lipinski definition) is 1. The van der Waals surface area contributed by atoms with E-state index in [9.17, 15) is 0 Å². The molecule has 3 nitrogen and oxygen atoms in total. The van der Waals surface area contributed by atoms with E-state index in [1.54, 1.807) is 7.11 Å². The van der Waals surface area contributed by atoms with Crippen LogP contribution in [0.5, 0.6) is 5.75 Å². The number of rotatable bonds is 2. The summed E-state index contributed by atoms with van der Waals surface area (Å²) in [6.07, 6.45) is 0. The van der Waals surface area contributed by atoms with Crippen molar-refractivity contribution in [1.82, 2.24) is 10.2 Å². The van der Waals surface area contributed by atoms with Gasteiger partial charge < -0.3 is 4.74 Å². The molecule has 0 fully saturated rings. The lowest BCUT2D eigenvalue weighted by molar-refractivity contribution is 0.421. The first-order valence-electron chi connectivity index (χ1n) is 5.56. The minimum atomic E-state index is 0.854. The first-order chi connectivity index (χ1) is 8.79. The summed E-state index contributed by atoms with van der Waals surface area (Å²) in [6, 6.07) is 14.2. The van der Waals surface area contributed by atoms with Gasteiger partial charge in [-0.05, 0) is 33.4 Å². The Labute approximate surface area is 113 Å². The van der Waals surface area contributed by atoms with Crippen LogP contribution in [0.15, 0.2) is 47.1 Å². The number of nitrogens with one attached hydrogen (secondary N) is 1. The van der Waals surface area contributed by atoms with Gasteiger partial charge in [-0.2, -0.15) is 5.10 Å². The molecule has 0 saturated carbocycles. The molecule has 1 heterocycles. The van der Waals surface area contributed by atoms with Crippen molar-refractivity contribution >= 4 is 26.7 Å². The molecule has 0 saturated heterocycles. The van der Waals surface area contributed by atoms with Crippen molar-refractivity contribution in [1.29, 1.82) is 0 Å². The Bertz CT molecular complexity index is 706. The van der Waals surface area contributed by atoms with E-state index in [-0.39, 0.29) is 0 Å². The summed E-state index contributed by atoms with van der Waals surface area (Å²) in [4.78, 5) is 0. The van der Waals surface area contributed by atoms with Crippen LogP contribution in [-0.4, -0.2) is 17.3 Å². The zero-order valence-corrected chi connectivity index (χ0v) is 11.4. The minimum absolute atomic E-state index is 0.854. The van der Waals surface area contributed by atoms with Crippen molar-refractivity contribution in [3.63, 3.8) is 0 Å². The number of nitrogens with zero attached hydrogens (tertiary/aromatic N) is 1. The quantitative estimate of drug-likeness (QED) is 0.777. The lowest BCUT2D eigenvalue weighted by atomic mass is 10.0. The molecule has 0 atom stereocenters. The third-order valence-corrected chi connectivity index (χ3v) is 3.31. The molecule has 0 bridgehead atoms. The van der Waals surface area contributed by atoms with Crippen molar-refractivity contribution in [3.05, 3.63) is 47.1 Å². The number of aromatic amines is 1. The first-order valence-corrected chi connectivity index (χ1v) is 6.36. The molecule has 0 amide bonds. The third kappa shape index (κ3) is 1.78. The molecule has 3 rings (SSSR count). The molecule has 0 aliphatic carbocycles. The van der Waals surface area contributed by atoms with E-state index < -0.39 is 0 Å². The number of halogens is 1. The van der Waals surface area contributed by atoms with E-state index in [1.807, 2.05) is 24.3 Å². The van der Waals surface area contributed by atoms with Crippen molar-refractivity contribution in [2.24, 2.45) is 0 Å². The second-order valence-corrected chi connectivity index (χ2v) is 4.82. The summed E-state index contributed by atoms with van der Waals surface area (Å²) in [5, 5.41) is 9.38. The van der Waals surface area contributed by atoms with Crippen LogP contribution in [0.1, 0.15) is 0 Å². The number of benzene rings is 2. The molecule has 0 unspecified atom stereocenters. The Hall–Kier alpha value is -1.81. The first kappa shape index (κ1) is 11.3. The second-order valence-electron chi connectivity index (χ2n) is 3.97. The smallest absolute Gasteiger partial charge is 0.136 e. The van der Waals surface area contributed by atoms with Gasteiger partial charge in [0.15, 0.2) is 0 Å². The Morgan fingerprint density at radius 1 is 1.17 bits per heavy atom. The molecular weight excluding hydrogens is 292 g/mol. The van der Waals surface area contributed by atoms with E-state index in [1.165, 1.54) is 0 Å². The molecule has 1 aromatic heterocycles. The highest BCUT2D eigenvalue weighted by Crippen LogP contribution is 2.36. The Balaban J connectivity index is 2.29. The van der Waals surface area contributed by atoms with Crippen molar-refractivity contribution in [2.75, 3.05) is 7.11 Å². The second kappa shape index (κ2) is 4.46. The Morgan fingerprint density at radius 3 is 2.72 bits per heavy atom. The van der Waals surface area contributed by atoms with Gasteiger partial charge in [0.25, 0.3) is 0 Å². The van der Waals surface area contributed by atoms with E-state index in [0.29, 0.717) is 0 Å². The molecule has 0 aliphatic heterocycles. The average Bonchev–Trinajstić information content (AvgIpc) is 2.84. The maximum atomic E-state index is 5.55. The van der Waals surface area contributed by atoms with Crippen LogP contribution in [-0.2, 0) is 0 Å². The summed E-state index contributed by atoms with van der Waals surface area (Å²) in [5.74, 6) is 0.854. The van der Waals surface area contributed by atoms with Gasteiger partial charge in [-0.15, -0.1) is 0 Å². The summed E-state index contributed by atoms with van der Waals surface area (Å²) in [7, 11) is 1.69. The standard InChI is InChI=1S/C14H11BrN2O/c1-18-14-10-5-3-2-4-9(10)6-7-11(14)12-8-13(15)17-16-12/h2-8H,1H3,(H,16,17). The fourth-order valence-corrected chi connectivity index (χ4v) is 2.41. The van der Waals surface area contributed by atoms with Crippen LogP contribution in [0.25, 0.3) is 22.0 Å². The van der Waals surface area contributed by atoms with Crippen LogP contribution in [0.3, 0.4) is 0 Å². The Kier molecular flexibility index (Phi) is 2.80. The summed E-state index contributed by atoms with van der Waals surface area (Å²) >= 11 is 3.37. The van der Waals surface area contributed by atoms with Crippen LogP contribution >= 0.6 is 15.9 Å². The van der Waals surface area contributed by atoms with Gasteiger partial charge in [0, 0.05) is 10.9 Å². The lowest BCUT2D eigenvalue weighted by Gasteiger charge is -2.09. The molecule has 3 aromatic rings. The Morgan fingerprint density at radius 2 is 2.00 bits per heavy atom. The highest BCUT2D eigenvalue weighted by molar-refractivity contribution is 9.10. The molecule has 0 aliphatic rings. The predicted octanol–water partition coefficient (Wildman–Crippen LogP) is 4.00. The SMILES string of the molecule is COc1c(-c2cc(Br)[nH]n2)ccc2ccccc12. The van der Waals surface area contributed by atoms with Gasteiger partial charge in [-0.3, -0.25) is 5.10 Å². The van der Waals surface area contributed by atoms with Gasteiger partial charge in [-0.1, -0.05) is 30.3 Å².